The first-order valence-electron chi connectivity index (χ1n) is 5.95. The maximum atomic E-state index is 8.88. The number of nitrogens with two attached hydrogens (primary N) is 1. The fraction of sp³-hybridized carbons (Fsp3) is 0.231. The number of hydrogen-bond donors (Lipinski definition) is 2. The summed E-state index contributed by atoms with van der Waals surface area (Å²) in [6, 6.07) is 3.57. The van der Waals surface area contributed by atoms with Gasteiger partial charge in [-0.1, -0.05) is 5.16 Å². The first-order chi connectivity index (χ1) is 9.52. The largest absolute Gasteiger partial charge is 0.435 e. The third-order valence-corrected chi connectivity index (χ3v) is 2.89. The second kappa shape index (κ2) is 5.52. The molecule has 0 aliphatic heterocycles. The summed E-state index contributed by atoms with van der Waals surface area (Å²) in [6.45, 7) is 5.47. The Morgan fingerprint density at radius 2 is 2.00 bits per heavy atom. The van der Waals surface area contributed by atoms with Crippen LogP contribution in [0.15, 0.2) is 23.5 Å². The maximum Gasteiger partial charge on any atom is 0.250 e. The van der Waals surface area contributed by atoms with Gasteiger partial charge in [0.2, 0.25) is 5.88 Å². The van der Waals surface area contributed by atoms with Gasteiger partial charge >= 0.3 is 0 Å². The van der Waals surface area contributed by atoms with Crippen molar-refractivity contribution in [3.63, 3.8) is 0 Å². The topological polar surface area (TPSA) is 107 Å². The number of aromatic nitrogens is 3. The maximum absolute atomic E-state index is 8.88. The number of amidine groups is 1. The summed E-state index contributed by atoms with van der Waals surface area (Å²) in [6.07, 6.45) is 1.57. The fourth-order valence-corrected chi connectivity index (χ4v) is 1.64. The average molecular weight is 273 g/mol. The predicted molar refractivity (Wildman–Crippen MR) is 73.1 cm³/mol. The van der Waals surface area contributed by atoms with E-state index in [4.69, 9.17) is 15.7 Å². The van der Waals surface area contributed by atoms with Crippen molar-refractivity contribution >= 4 is 5.84 Å². The molecule has 2 aromatic rings. The summed E-state index contributed by atoms with van der Waals surface area (Å²) in [5, 5.41) is 19.8. The van der Waals surface area contributed by atoms with E-state index in [0.29, 0.717) is 17.0 Å². The van der Waals surface area contributed by atoms with E-state index < -0.39 is 0 Å². The molecule has 3 N–H and O–H groups in total. The molecule has 0 aliphatic rings. The zero-order valence-electron chi connectivity index (χ0n) is 11.5. The van der Waals surface area contributed by atoms with Crippen LogP contribution in [-0.2, 0) is 0 Å². The van der Waals surface area contributed by atoms with Crippen LogP contribution in [0.25, 0.3) is 0 Å². The molecule has 0 atom stereocenters. The van der Waals surface area contributed by atoms with E-state index in [1.807, 2.05) is 13.0 Å². The molecule has 2 rings (SSSR count). The third kappa shape index (κ3) is 2.66. The van der Waals surface area contributed by atoms with E-state index in [1.54, 1.807) is 26.1 Å². The molecule has 0 amide bonds. The second-order valence-electron chi connectivity index (χ2n) is 4.31. The van der Waals surface area contributed by atoms with E-state index in [0.717, 1.165) is 11.3 Å². The van der Waals surface area contributed by atoms with Gasteiger partial charge in [-0.05, 0) is 38.5 Å². The van der Waals surface area contributed by atoms with Crippen molar-refractivity contribution in [2.75, 3.05) is 0 Å². The smallest absolute Gasteiger partial charge is 0.250 e. The van der Waals surface area contributed by atoms with E-state index in [9.17, 15) is 0 Å². The van der Waals surface area contributed by atoms with Gasteiger partial charge in [-0.2, -0.15) is 5.10 Å². The molecule has 0 radical (unpaired) electrons. The van der Waals surface area contributed by atoms with Crippen LogP contribution in [0.2, 0.25) is 0 Å². The van der Waals surface area contributed by atoms with Crippen LogP contribution in [0, 0.1) is 20.8 Å². The summed E-state index contributed by atoms with van der Waals surface area (Å²) >= 11 is 0. The van der Waals surface area contributed by atoms with Crippen LogP contribution in [0.4, 0.5) is 0 Å². The van der Waals surface area contributed by atoms with E-state index in [2.05, 4.69) is 20.3 Å². The quantitative estimate of drug-likeness (QED) is 0.381. The third-order valence-electron chi connectivity index (χ3n) is 2.89. The highest BCUT2D eigenvalue weighted by Crippen LogP contribution is 2.25. The molecule has 20 heavy (non-hydrogen) atoms. The Balaban J connectivity index is 2.46. The van der Waals surface area contributed by atoms with Crippen molar-refractivity contribution in [2.45, 2.75) is 20.8 Å². The Morgan fingerprint density at radius 1 is 1.25 bits per heavy atom. The molecular weight excluding hydrogens is 258 g/mol. The van der Waals surface area contributed by atoms with Crippen LogP contribution in [0.3, 0.4) is 0 Å². The van der Waals surface area contributed by atoms with Crippen molar-refractivity contribution in [1.82, 2.24) is 15.2 Å². The van der Waals surface area contributed by atoms with Gasteiger partial charge in [0.15, 0.2) is 5.84 Å². The molecule has 0 unspecified atom stereocenters. The summed E-state index contributed by atoms with van der Waals surface area (Å²) in [4.78, 5) is 4.13. The zero-order valence-corrected chi connectivity index (χ0v) is 11.5. The molecule has 104 valence electrons. The van der Waals surface area contributed by atoms with E-state index in [1.165, 1.54) is 0 Å². The number of rotatable bonds is 3. The van der Waals surface area contributed by atoms with Gasteiger partial charge in [-0.3, -0.25) is 4.98 Å². The minimum Gasteiger partial charge on any atom is -0.435 e. The minimum atomic E-state index is -0.0735. The monoisotopic (exact) mass is 273 g/mol. The van der Waals surface area contributed by atoms with E-state index in [-0.39, 0.29) is 11.7 Å². The number of nitrogens with zero attached hydrogens (tertiary/aromatic N) is 4. The Hall–Kier alpha value is -2.70. The number of aryl methyl sites for hydroxylation is 2. The van der Waals surface area contributed by atoms with Gasteiger partial charge in [0.25, 0.3) is 0 Å². The Bertz CT molecular complexity index is 653. The SMILES string of the molecule is Cc1ccc(Oc2nnc(C)c(C)c2C(N)=NO)cn1. The van der Waals surface area contributed by atoms with Crippen LogP contribution in [0.5, 0.6) is 11.6 Å². The lowest BCUT2D eigenvalue weighted by atomic mass is 10.1. The molecule has 0 bridgehead atoms. The van der Waals surface area contributed by atoms with E-state index >= 15 is 0 Å². The molecule has 2 heterocycles. The molecule has 0 aliphatic carbocycles. The van der Waals surface area contributed by atoms with Gasteiger partial charge < -0.3 is 15.7 Å². The Morgan fingerprint density at radius 3 is 2.60 bits per heavy atom. The van der Waals surface area contributed by atoms with Crippen LogP contribution < -0.4 is 10.5 Å². The highest BCUT2D eigenvalue weighted by molar-refractivity contribution is 6.00. The summed E-state index contributed by atoms with van der Waals surface area (Å²) in [5.74, 6) is 0.602. The van der Waals surface area contributed by atoms with Crippen molar-refractivity contribution in [1.29, 1.82) is 0 Å². The molecule has 0 spiro atoms. The highest BCUT2D eigenvalue weighted by atomic mass is 16.5. The lowest BCUT2D eigenvalue weighted by Crippen LogP contribution is -2.18. The van der Waals surface area contributed by atoms with Crippen molar-refractivity contribution < 1.29 is 9.94 Å². The summed E-state index contributed by atoms with van der Waals surface area (Å²) in [5.41, 5.74) is 8.39. The van der Waals surface area contributed by atoms with Crippen LogP contribution in [-0.4, -0.2) is 26.2 Å². The van der Waals surface area contributed by atoms with Gasteiger partial charge in [0.1, 0.15) is 5.75 Å². The molecule has 7 heteroatoms. The van der Waals surface area contributed by atoms with Gasteiger partial charge in [-0.25, -0.2) is 0 Å². The number of ether oxygens (including phenoxy) is 1. The standard InChI is InChI=1S/C13H15N5O2/c1-7-4-5-10(6-15-7)20-13-11(12(14)18-19)8(2)9(3)16-17-13/h4-6,19H,1-3H3,(H2,14,18). The first kappa shape index (κ1) is 13.7. The van der Waals surface area contributed by atoms with Crippen molar-refractivity contribution in [2.24, 2.45) is 10.9 Å². The number of oxime groups is 1. The summed E-state index contributed by atoms with van der Waals surface area (Å²) < 4.78 is 5.62. The van der Waals surface area contributed by atoms with Gasteiger partial charge in [-0.15, -0.1) is 5.10 Å². The molecule has 0 fully saturated rings. The summed E-state index contributed by atoms with van der Waals surface area (Å²) in [7, 11) is 0. The Kier molecular flexibility index (Phi) is 3.79. The molecule has 7 nitrogen and oxygen atoms in total. The zero-order chi connectivity index (χ0) is 14.7. The fourth-order valence-electron chi connectivity index (χ4n) is 1.64. The number of pyridine rings is 1. The first-order valence-corrected chi connectivity index (χ1v) is 5.95. The van der Waals surface area contributed by atoms with Gasteiger partial charge in [0.05, 0.1) is 17.5 Å². The molecule has 0 saturated heterocycles. The average Bonchev–Trinajstić information content (AvgIpc) is 2.45. The normalized spacial score (nSPS) is 11.4. The minimum absolute atomic E-state index is 0.0735. The number of hydrogen-bond acceptors (Lipinski definition) is 6. The van der Waals surface area contributed by atoms with Crippen LogP contribution in [0.1, 0.15) is 22.5 Å². The lowest BCUT2D eigenvalue weighted by Gasteiger charge is -2.12. The second-order valence-corrected chi connectivity index (χ2v) is 4.31. The Labute approximate surface area is 116 Å². The molecule has 0 saturated carbocycles. The molecule has 2 aromatic heterocycles. The van der Waals surface area contributed by atoms with Crippen molar-refractivity contribution in [3.8, 4) is 11.6 Å². The predicted octanol–water partition coefficient (Wildman–Crippen LogP) is 1.68. The van der Waals surface area contributed by atoms with Crippen molar-refractivity contribution in [3.05, 3.63) is 40.8 Å². The molecular formula is C13H15N5O2. The van der Waals surface area contributed by atoms with Gasteiger partial charge in [0, 0.05) is 5.69 Å². The molecule has 0 aromatic carbocycles. The van der Waals surface area contributed by atoms with Crippen LogP contribution >= 0.6 is 0 Å². The highest BCUT2D eigenvalue weighted by Gasteiger charge is 2.17. The lowest BCUT2D eigenvalue weighted by molar-refractivity contribution is 0.318.